The highest BCUT2D eigenvalue weighted by Crippen LogP contribution is 2.29. The Hall–Kier alpha value is -1.97. The van der Waals surface area contributed by atoms with Gasteiger partial charge in [-0.3, -0.25) is 0 Å². The normalized spacial score (nSPS) is 11.0. The van der Waals surface area contributed by atoms with Crippen LogP contribution >= 0.6 is 11.6 Å². The van der Waals surface area contributed by atoms with Crippen LogP contribution in [0.15, 0.2) is 52.9 Å². The van der Waals surface area contributed by atoms with Crippen LogP contribution in [0.3, 0.4) is 0 Å². The third-order valence-electron chi connectivity index (χ3n) is 3.41. The molecule has 0 amide bonds. The quantitative estimate of drug-likeness (QED) is 0.759. The highest BCUT2D eigenvalue weighted by Gasteiger charge is 2.11. The second-order valence-corrected chi connectivity index (χ2v) is 5.15. The first-order valence-corrected chi connectivity index (χ1v) is 7.15. The van der Waals surface area contributed by atoms with Crippen molar-refractivity contribution < 1.29 is 9.15 Å². The van der Waals surface area contributed by atoms with Gasteiger partial charge in [-0.05, 0) is 35.4 Å². The van der Waals surface area contributed by atoms with E-state index in [-0.39, 0.29) is 0 Å². The first-order chi connectivity index (χ1) is 10.3. The second-order valence-electron chi connectivity index (χ2n) is 4.81. The number of nitrogens with one attached hydrogen (secondary N) is 1. The number of hydrogen-bond donors (Lipinski definition) is 1. The molecule has 21 heavy (non-hydrogen) atoms. The molecule has 0 unspecified atom stereocenters. The summed E-state index contributed by atoms with van der Waals surface area (Å²) in [6.07, 6.45) is 0. The molecule has 3 aromatic rings. The molecule has 0 saturated heterocycles. The molecule has 0 spiro atoms. The van der Waals surface area contributed by atoms with Crippen molar-refractivity contribution in [3.8, 4) is 5.75 Å². The van der Waals surface area contributed by atoms with Crippen LogP contribution in [0.2, 0.25) is 5.22 Å². The summed E-state index contributed by atoms with van der Waals surface area (Å²) < 4.78 is 10.8. The van der Waals surface area contributed by atoms with Crippen molar-refractivity contribution >= 4 is 22.6 Å². The Kier molecular flexibility index (Phi) is 4.13. The van der Waals surface area contributed by atoms with Gasteiger partial charge in [0.1, 0.15) is 11.3 Å². The van der Waals surface area contributed by atoms with E-state index in [1.807, 2.05) is 42.5 Å². The van der Waals surface area contributed by atoms with E-state index in [2.05, 4.69) is 11.4 Å². The smallest absolute Gasteiger partial charge is 0.199 e. The molecule has 4 heteroatoms. The Bertz CT molecular complexity index is 751. The fourth-order valence-corrected chi connectivity index (χ4v) is 2.60. The van der Waals surface area contributed by atoms with E-state index < -0.39 is 0 Å². The minimum Gasteiger partial charge on any atom is -0.497 e. The van der Waals surface area contributed by atoms with Gasteiger partial charge < -0.3 is 14.5 Å². The molecule has 0 aliphatic carbocycles. The molecule has 2 aromatic carbocycles. The van der Waals surface area contributed by atoms with Gasteiger partial charge in [-0.2, -0.15) is 0 Å². The number of benzene rings is 2. The van der Waals surface area contributed by atoms with Gasteiger partial charge in [0.25, 0.3) is 0 Å². The molecule has 0 bridgehead atoms. The van der Waals surface area contributed by atoms with Gasteiger partial charge in [0, 0.05) is 24.0 Å². The Morgan fingerprint density at radius 3 is 2.81 bits per heavy atom. The molecule has 1 heterocycles. The monoisotopic (exact) mass is 301 g/mol. The Morgan fingerprint density at radius 2 is 1.95 bits per heavy atom. The minimum atomic E-state index is 0.453. The fourth-order valence-electron chi connectivity index (χ4n) is 2.35. The summed E-state index contributed by atoms with van der Waals surface area (Å²) in [7, 11) is 1.67. The average Bonchev–Trinajstić information content (AvgIpc) is 2.83. The molecule has 1 aromatic heterocycles. The maximum absolute atomic E-state index is 6.17. The largest absolute Gasteiger partial charge is 0.497 e. The third-order valence-corrected chi connectivity index (χ3v) is 3.72. The fraction of sp³-hybridized carbons (Fsp3) is 0.176. The van der Waals surface area contributed by atoms with E-state index in [4.69, 9.17) is 20.8 Å². The number of halogens is 1. The number of ether oxygens (including phenoxy) is 1. The van der Waals surface area contributed by atoms with E-state index in [0.29, 0.717) is 11.8 Å². The van der Waals surface area contributed by atoms with Crippen LogP contribution in [0.1, 0.15) is 11.1 Å². The van der Waals surface area contributed by atoms with E-state index in [1.54, 1.807) is 7.11 Å². The summed E-state index contributed by atoms with van der Waals surface area (Å²) in [6, 6.07) is 15.9. The maximum atomic E-state index is 6.17. The van der Waals surface area contributed by atoms with Crippen molar-refractivity contribution in [3.63, 3.8) is 0 Å². The highest BCUT2D eigenvalue weighted by molar-refractivity contribution is 6.30. The molecule has 0 fully saturated rings. The van der Waals surface area contributed by atoms with Gasteiger partial charge in [-0.25, -0.2) is 0 Å². The van der Waals surface area contributed by atoms with Gasteiger partial charge in [-0.1, -0.05) is 30.3 Å². The molecule has 0 atom stereocenters. The highest BCUT2D eigenvalue weighted by atomic mass is 35.5. The summed E-state index contributed by atoms with van der Waals surface area (Å²) in [4.78, 5) is 0. The topological polar surface area (TPSA) is 34.4 Å². The zero-order valence-electron chi connectivity index (χ0n) is 11.7. The van der Waals surface area contributed by atoms with Crippen molar-refractivity contribution in [2.75, 3.05) is 7.11 Å². The molecular weight excluding hydrogens is 286 g/mol. The average molecular weight is 302 g/mol. The molecular formula is C17H16ClNO2. The Balaban J connectivity index is 1.70. The minimum absolute atomic E-state index is 0.453. The van der Waals surface area contributed by atoms with Crippen molar-refractivity contribution in [2.24, 2.45) is 0 Å². The predicted molar refractivity (Wildman–Crippen MR) is 84.8 cm³/mol. The summed E-state index contributed by atoms with van der Waals surface area (Å²) in [5, 5.41) is 4.90. The van der Waals surface area contributed by atoms with Crippen LogP contribution < -0.4 is 10.1 Å². The van der Waals surface area contributed by atoms with Gasteiger partial charge in [0.2, 0.25) is 0 Å². The standard InChI is InChI=1S/C17H16ClNO2/c1-20-13-6-4-5-12(9-13)10-19-11-15-14-7-2-3-8-16(14)21-17(15)18/h2-9,19H,10-11H2,1H3. The molecule has 0 aliphatic rings. The summed E-state index contributed by atoms with van der Waals surface area (Å²) in [6.45, 7) is 1.40. The molecule has 3 rings (SSSR count). The lowest BCUT2D eigenvalue weighted by Gasteiger charge is -2.06. The Labute approximate surface area is 128 Å². The molecule has 3 nitrogen and oxygen atoms in total. The van der Waals surface area contributed by atoms with Crippen molar-refractivity contribution in [3.05, 3.63) is 64.9 Å². The zero-order valence-corrected chi connectivity index (χ0v) is 12.5. The summed E-state index contributed by atoms with van der Waals surface area (Å²) in [5.74, 6) is 0.862. The van der Waals surface area contributed by atoms with E-state index in [1.165, 1.54) is 5.56 Å². The lowest BCUT2D eigenvalue weighted by Crippen LogP contribution is -2.12. The van der Waals surface area contributed by atoms with Crippen LogP contribution in [0.4, 0.5) is 0 Å². The second kappa shape index (κ2) is 6.20. The van der Waals surface area contributed by atoms with Gasteiger partial charge in [0.15, 0.2) is 5.22 Å². The van der Waals surface area contributed by atoms with Crippen molar-refractivity contribution in [2.45, 2.75) is 13.1 Å². The summed E-state index contributed by atoms with van der Waals surface area (Å²) in [5.41, 5.74) is 2.98. The number of para-hydroxylation sites is 1. The number of fused-ring (bicyclic) bond motifs is 1. The van der Waals surface area contributed by atoms with Crippen LogP contribution in [0.5, 0.6) is 5.75 Å². The van der Waals surface area contributed by atoms with Gasteiger partial charge in [-0.15, -0.1) is 0 Å². The molecule has 0 radical (unpaired) electrons. The van der Waals surface area contributed by atoms with Crippen LogP contribution in [-0.4, -0.2) is 7.11 Å². The van der Waals surface area contributed by atoms with E-state index in [9.17, 15) is 0 Å². The zero-order chi connectivity index (χ0) is 14.7. The van der Waals surface area contributed by atoms with Gasteiger partial charge >= 0.3 is 0 Å². The third kappa shape index (κ3) is 3.04. The summed E-state index contributed by atoms with van der Waals surface area (Å²) >= 11 is 6.17. The number of hydrogen-bond acceptors (Lipinski definition) is 3. The van der Waals surface area contributed by atoms with Gasteiger partial charge in [0.05, 0.1) is 7.11 Å². The molecule has 1 N–H and O–H groups in total. The lowest BCUT2D eigenvalue weighted by molar-refractivity contribution is 0.414. The first-order valence-electron chi connectivity index (χ1n) is 6.77. The number of furan rings is 1. The predicted octanol–water partition coefficient (Wildman–Crippen LogP) is 4.38. The number of rotatable bonds is 5. The van der Waals surface area contributed by atoms with Crippen LogP contribution in [0, 0.1) is 0 Å². The van der Waals surface area contributed by atoms with Crippen LogP contribution in [0.25, 0.3) is 11.0 Å². The number of methoxy groups -OCH3 is 1. The van der Waals surface area contributed by atoms with E-state index >= 15 is 0 Å². The Morgan fingerprint density at radius 1 is 1.10 bits per heavy atom. The molecule has 0 aliphatic heterocycles. The van der Waals surface area contributed by atoms with E-state index in [0.717, 1.165) is 28.8 Å². The van der Waals surface area contributed by atoms with Crippen molar-refractivity contribution in [1.29, 1.82) is 0 Å². The van der Waals surface area contributed by atoms with Crippen molar-refractivity contribution in [1.82, 2.24) is 5.32 Å². The maximum Gasteiger partial charge on any atom is 0.199 e. The lowest BCUT2D eigenvalue weighted by atomic mass is 10.1. The van der Waals surface area contributed by atoms with Crippen LogP contribution in [-0.2, 0) is 13.1 Å². The first kappa shape index (κ1) is 14.0. The SMILES string of the molecule is COc1cccc(CNCc2c(Cl)oc3ccccc23)c1. The molecule has 0 saturated carbocycles. The molecule has 108 valence electrons.